The molecule has 0 bridgehead atoms. The molecule has 0 aliphatic carbocycles. The Morgan fingerprint density at radius 3 is 1.16 bits per heavy atom. The summed E-state index contributed by atoms with van der Waals surface area (Å²) in [5, 5.41) is 23.2. The first kappa shape index (κ1) is 59.6. The van der Waals surface area contributed by atoms with E-state index in [1.165, 1.54) is 225 Å². The van der Waals surface area contributed by atoms with Crippen LogP contribution in [0.25, 0.3) is 0 Å². The molecule has 0 radical (unpaired) electrons. The molecule has 0 rings (SSSR count). The lowest BCUT2D eigenvalue weighted by molar-refractivity contribution is -0.143. The predicted molar refractivity (Wildman–Crippen MR) is 264 cm³/mol. The average Bonchev–Trinajstić information content (AvgIpc) is 3.26. The lowest BCUT2D eigenvalue weighted by atomic mass is 10.0. The van der Waals surface area contributed by atoms with Crippen molar-refractivity contribution in [2.45, 2.75) is 315 Å². The number of ether oxygens (including phenoxy) is 1. The van der Waals surface area contributed by atoms with Gasteiger partial charge in [-0.15, -0.1) is 0 Å². The number of carbonyl (C=O) groups is 2. The zero-order valence-corrected chi connectivity index (χ0v) is 41.2. The number of esters is 1. The van der Waals surface area contributed by atoms with Gasteiger partial charge in [0.25, 0.3) is 0 Å². The van der Waals surface area contributed by atoms with Crippen molar-refractivity contribution < 1.29 is 24.5 Å². The Morgan fingerprint density at radius 2 is 0.770 bits per heavy atom. The normalized spacial score (nSPS) is 12.7. The Morgan fingerprint density at radius 1 is 0.443 bits per heavy atom. The second-order valence-corrected chi connectivity index (χ2v) is 18.9. The van der Waals surface area contributed by atoms with Crippen LogP contribution in [0.1, 0.15) is 303 Å². The summed E-state index contributed by atoms with van der Waals surface area (Å²) in [5.74, 6) is -0.0456. The number of aliphatic hydroxyl groups is 2. The molecule has 0 fully saturated rings. The Bertz CT molecular complexity index is 909. The Hall–Kier alpha value is -1.40. The van der Waals surface area contributed by atoms with Gasteiger partial charge in [0.15, 0.2) is 0 Å². The minimum absolute atomic E-state index is 0.00440. The van der Waals surface area contributed by atoms with Crippen LogP contribution in [-0.2, 0) is 14.3 Å². The van der Waals surface area contributed by atoms with E-state index < -0.39 is 12.1 Å². The second kappa shape index (κ2) is 51.2. The van der Waals surface area contributed by atoms with Crippen LogP contribution in [0.4, 0.5) is 0 Å². The van der Waals surface area contributed by atoms with E-state index in [9.17, 15) is 19.8 Å². The van der Waals surface area contributed by atoms with Gasteiger partial charge < -0.3 is 20.3 Å². The molecule has 1 amide bonds. The van der Waals surface area contributed by atoms with Gasteiger partial charge in [0, 0.05) is 12.8 Å². The molecule has 0 aliphatic rings. The summed E-state index contributed by atoms with van der Waals surface area (Å²) in [6, 6.07) is -0.545. The van der Waals surface area contributed by atoms with Crippen molar-refractivity contribution in [3.8, 4) is 0 Å². The number of rotatable bonds is 51. The maximum Gasteiger partial charge on any atom is 0.305 e. The van der Waals surface area contributed by atoms with Crippen LogP contribution >= 0.6 is 0 Å². The zero-order chi connectivity index (χ0) is 44.4. The third-order valence-electron chi connectivity index (χ3n) is 12.8. The van der Waals surface area contributed by atoms with E-state index in [0.29, 0.717) is 25.9 Å². The van der Waals surface area contributed by atoms with Crippen molar-refractivity contribution >= 4 is 11.9 Å². The molecule has 0 aromatic carbocycles. The van der Waals surface area contributed by atoms with Gasteiger partial charge >= 0.3 is 5.97 Å². The van der Waals surface area contributed by atoms with Gasteiger partial charge in [-0.25, -0.2) is 0 Å². The number of unbranched alkanes of at least 4 members (excludes halogenated alkanes) is 38. The highest BCUT2D eigenvalue weighted by Crippen LogP contribution is 2.17. The van der Waals surface area contributed by atoms with Gasteiger partial charge in [-0.05, 0) is 51.4 Å². The molecular formula is C55H107NO5. The standard InChI is InChI=1S/C55H107NO5/c1-3-5-7-9-11-13-15-17-20-25-29-33-37-41-45-49-55(60)61-50-46-42-38-34-30-26-22-19-18-21-24-28-32-36-40-44-48-54(59)56-52(51-57)53(58)47-43-39-35-31-27-23-16-14-12-10-8-6-4-2/h17,20,52-53,57-58H,3-16,18-19,21-51H2,1-2H3,(H,56,59)/b20-17-. The lowest BCUT2D eigenvalue weighted by Crippen LogP contribution is -2.45. The van der Waals surface area contributed by atoms with E-state index in [-0.39, 0.29) is 18.5 Å². The minimum Gasteiger partial charge on any atom is -0.466 e. The fraction of sp³-hybridized carbons (Fsp3) is 0.927. The molecule has 0 saturated carbocycles. The van der Waals surface area contributed by atoms with Crippen molar-refractivity contribution in [1.82, 2.24) is 5.32 Å². The lowest BCUT2D eigenvalue weighted by Gasteiger charge is -2.22. The molecular weight excluding hydrogens is 755 g/mol. The van der Waals surface area contributed by atoms with Gasteiger partial charge in [0.2, 0.25) is 5.91 Å². The van der Waals surface area contributed by atoms with Crippen molar-refractivity contribution in [2.75, 3.05) is 13.2 Å². The predicted octanol–water partition coefficient (Wildman–Crippen LogP) is 16.5. The molecule has 6 nitrogen and oxygen atoms in total. The summed E-state index contributed by atoms with van der Waals surface area (Å²) in [6.45, 7) is 4.94. The Balaban J connectivity index is 3.41. The number of hydrogen-bond donors (Lipinski definition) is 3. The van der Waals surface area contributed by atoms with Crippen molar-refractivity contribution in [3.63, 3.8) is 0 Å². The summed E-state index contributed by atoms with van der Waals surface area (Å²) in [5.41, 5.74) is 0. The highest BCUT2D eigenvalue weighted by molar-refractivity contribution is 5.76. The van der Waals surface area contributed by atoms with Gasteiger partial charge in [-0.1, -0.05) is 251 Å². The van der Waals surface area contributed by atoms with E-state index >= 15 is 0 Å². The molecule has 6 heteroatoms. The topological polar surface area (TPSA) is 95.9 Å². The fourth-order valence-electron chi connectivity index (χ4n) is 8.58. The first-order valence-electron chi connectivity index (χ1n) is 27.4. The largest absolute Gasteiger partial charge is 0.466 e. The molecule has 3 N–H and O–H groups in total. The second-order valence-electron chi connectivity index (χ2n) is 18.9. The van der Waals surface area contributed by atoms with Crippen molar-refractivity contribution in [1.29, 1.82) is 0 Å². The average molecular weight is 862 g/mol. The van der Waals surface area contributed by atoms with Crippen LogP contribution in [-0.4, -0.2) is 47.4 Å². The molecule has 0 spiro atoms. The number of nitrogens with one attached hydrogen (secondary N) is 1. The molecule has 2 unspecified atom stereocenters. The monoisotopic (exact) mass is 862 g/mol. The Kier molecular flexibility index (Phi) is 50.1. The van der Waals surface area contributed by atoms with E-state index in [4.69, 9.17) is 4.74 Å². The summed E-state index contributed by atoms with van der Waals surface area (Å²) < 4.78 is 5.47. The van der Waals surface area contributed by atoms with Crippen LogP contribution in [0.5, 0.6) is 0 Å². The van der Waals surface area contributed by atoms with Gasteiger partial charge in [0.1, 0.15) is 0 Å². The Labute approximate surface area is 380 Å². The highest BCUT2D eigenvalue weighted by Gasteiger charge is 2.20. The van der Waals surface area contributed by atoms with E-state index in [1.54, 1.807) is 0 Å². The number of aliphatic hydroxyl groups excluding tert-OH is 2. The number of allylic oxidation sites excluding steroid dienone is 2. The maximum absolute atomic E-state index is 12.4. The van der Waals surface area contributed by atoms with Crippen LogP contribution in [0.3, 0.4) is 0 Å². The first-order valence-corrected chi connectivity index (χ1v) is 27.4. The van der Waals surface area contributed by atoms with Gasteiger partial charge in [-0.3, -0.25) is 9.59 Å². The van der Waals surface area contributed by atoms with E-state index in [0.717, 1.165) is 44.9 Å². The molecule has 61 heavy (non-hydrogen) atoms. The van der Waals surface area contributed by atoms with Gasteiger partial charge in [0.05, 0.1) is 25.4 Å². The summed E-state index contributed by atoms with van der Waals surface area (Å²) in [7, 11) is 0. The van der Waals surface area contributed by atoms with Crippen molar-refractivity contribution in [3.05, 3.63) is 12.2 Å². The zero-order valence-electron chi connectivity index (χ0n) is 41.2. The number of hydrogen-bond acceptors (Lipinski definition) is 5. The molecule has 0 aromatic heterocycles. The van der Waals surface area contributed by atoms with Crippen LogP contribution in [0, 0.1) is 0 Å². The maximum atomic E-state index is 12.4. The third-order valence-corrected chi connectivity index (χ3v) is 12.8. The molecule has 362 valence electrons. The summed E-state index contributed by atoms with van der Waals surface area (Å²) >= 11 is 0. The SMILES string of the molecule is CCCCCCCC/C=C\CCCCCCCC(=O)OCCCCCCCCCCCCCCCCCCC(=O)NC(CO)C(O)CCCCCCCCCCCCCCC. The molecule has 0 aliphatic heterocycles. The van der Waals surface area contributed by atoms with Crippen LogP contribution < -0.4 is 5.32 Å². The molecule has 0 saturated heterocycles. The molecule has 0 heterocycles. The van der Waals surface area contributed by atoms with Crippen LogP contribution in [0.2, 0.25) is 0 Å². The van der Waals surface area contributed by atoms with Crippen molar-refractivity contribution in [2.24, 2.45) is 0 Å². The van der Waals surface area contributed by atoms with Gasteiger partial charge in [-0.2, -0.15) is 0 Å². The summed E-state index contributed by atoms with van der Waals surface area (Å²) in [4.78, 5) is 24.5. The quantitative estimate of drug-likeness (QED) is 0.0322. The third kappa shape index (κ3) is 47.9. The van der Waals surface area contributed by atoms with E-state index in [2.05, 4.69) is 31.3 Å². The fourth-order valence-corrected chi connectivity index (χ4v) is 8.58. The van der Waals surface area contributed by atoms with Crippen LogP contribution in [0.15, 0.2) is 12.2 Å². The first-order chi connectivity index (χ1) is 30.0. The van der Waals surface area contributed by atoms with E-state index in [1.807, 2.05) is 0 Å². The summed E-state index contributed by atoms with van der Waals surface area (Å²) in [6.07, 6.45) is 59.0. The number of carbonyl (C=O) groups excluding carboxylic acids is 2. The highest BCUT2D eigenvalue weighted by atomic mass is 16.5. The smallest absolute Gasteiger partial charge is 0.305 e. The number of amides is 1. The minimum atomic E-state index is -0.667. The molecule has 0 aromatic rings. The molecule has 2 atom stereocenters.